The fourth-order valence-electron chi connectivity index (χ4n) is 3.50. The minimum Gasteiger partial charge on any atom is -0.356 e. The summed E-state index contributed by atoms with van der Waals surface area (Å²) in [4.78, 5) is 2.26. The average molecular weight is 354 g/mol. The molecule has 2 aromatic heterocycles. The minimum atomic E-state index is -0.299. The maximum atomic E-state index is 13.3. The number of nitrogens with zero attached hydrogens (tertiary/aromatic N) is 4. The maximum Gasteiger partial charge on any atom is 0.170 e. The molecule has 26 heavy (non-hydrogen) atoms. The second-order valence-electron chi connectivity index (χ2n) is 8.00. The fraction of sp³-hybridized carbons (Fsp3) is 0.450. The summed E-state index contributed by atoms with van der Waals surface area (Å²) in [6, 6.07) is 8.74. The van der Waals surface area contributed by atoms with Gasteiger partial charge in [0.25, 0.3) is 0 Å². The molecule has 1 fully saturated rings. The molecule has 0 bridgehead atoms. The van der Waals surface area contributed by atoms with Crippen LogP contribution >= 0.6 is 0 Å². The van der Waals surface area contributed by atoms with Gasteiger partial charge >= 0.3 is 0 Å². The molecule has 0 unspecified atom stereocenters. The third kappa shape index (κ3) is 3.16. The first-order chi connectivity index (χ1) is 12.4. The van der Waals surface area contributed by atoms with Crippen LogP contribution in [0.2, 0.25) is 0 Å². The molecular formula is C20H23FN4O. The maximum absolute atomic E-state index is 13.3. The van der Waals surface area contributed by atoms with E-state index in [1.165, 1.54) is 12.1 Å². The zero-order valence-corrected chi connectivity index (χ0v) is 15.4. The summed E-state index contributed by atoms with van der Waals surface area (Å²) in [6.07, 6.45) is 1.92. The van der Waals surface area contributed by atoms with E-state index in [0.29, 0.717) is 11.5 Å². The molecule has 1 aliphatic heterocycles. The Balaban J connectivity index is 1.47. The number of rotatable bonds is 2. The molecule has 0 spiro atoms. The lowest BCUT2D eigenvalue weighted by Crippen LogP contribution is -2.34. The van der Waals surface area contributed by atoms with Crippen LogP contribution in [0.15, 0.2) is 34.9 Å². The van der Waals surface area contributed by atoms with Gasteiger partial charge in [-0.05, 0) is 37.1 Å². The van der Waals surface area contributed by atoms with Crippen LogP contribution in [0.5, 0.6) is 0 Å². The van der Waals surface area contributed by atoms with Crippen LogP contribution in [0.4, 0.5) is 10.2 Å². The van der Waals surface area contributed by atoms with E-state index in [1.807, 2.05) is 0 Å². The summed E-state index contributed by atoms with van der Waals surface area (Å²) in [5, 5.41) is 13.9. The van der Waals surface area contributed by atoms with Crippen molar-refractivity contribution in [3.05, 3.63) is 47.5 Å². The molecule has 6 heteroatoms. The summed E-state index contributed by atoms with van der Waals surface area (Å²) in [5.74, 6) is 0.940. The Morgan fingerprint density at radius 2 is 1.85 bits per heavy atom. The van der Waals surface area contributed by atoms with Gasteiger partial charge in [-0.25, -0.2) is 4.39 Å². The van der Waals surface area contributed by atoms with Crippen molar-refractivity contribution >= 4 is 16.8 Å². The Kier molecular flexibility index (Phi) is 4.13. The van der Waals surface area contributed by atoms with Crippen LogP contribution in [0.3, 0.4) is 0 Å². The van der Waals surface area contributed by atoms with Crippen LogP contribution < -0.4 is 4.90 Å². The van der Waals surface area contributed by atoms with Crippen molar-refractivity contribution in [3.63, 3.8) is 0 Å². The van der Waals surface area contributed by atoms with Crippen molar-refractivity contribution in [2.75, 3.05) is 18.0 Å². The molecule has 1 aliphatic rings. The Bertz CT molecular complexity index is 906. The van der Waals surface area contributed by atoms with Gasteiger partial charge in [0.2, 0.25) is 0 Å². The summed E-state index contributed by atoms with van der Waals surface area (Å²) >= 11 is 0. The van der Waals surface area contributed by atoms with E-state index in [9.17, 15) is 4.39 Å². The molecule has 0 saturated carbocycles. The predicted octanol–water partition coefficient (Wildman–Crippen LogP) is 4.44. The van der Waals surface area contributed by atoms with E-state index in [1.54, 1.807) is 6.07 Å². The number of halogens is 1. The Morgan fingerprint density at radius 1 is 1.08 bits per heavy atom. The highest BCUT2D eigenvalue weighted by Gasteiger charge is 2.26. The predicted molar refractivity (Wildman–Crippen MR) is 98.9 cm³/mol. The zero-order chi connectivity index (χ0) is 18.3. The summed E-state index contributed by atoms with van der Waals surface area (Å²) in [6.45, 7) is 8.19. The largest absolute Gasteiger partial charge is 0.356 e. The molecule has 0 radical (unpaired) electrons. The summed E-state index contributed by atoms with van der Waals surface area (Å²) in [5.41, 5.74) is 2.46. The van der Waals surface area contributed by atoms with E-state index in [2.05, 4.69) is 53.2 Å². The highest BCUT2D eigenvalue weighted by Crippen LogP contribution is 2.34. The van der Waals surface area contributed by atoms with Gasteiger partial charge in [0.1, 0.15) is 5.82 Å². The number of fused-ring (bicyclic) bond motifs is 1. The second-order valence-corrected chi connectivity index (χ2v) is 8.00. The molecule has 4 rings (SSSR count). The SMILES string of the molecule is CC(C)(C)c1ccc(N2CCC(c3noc4cc(F)ccc34)CC2)nn1. The first kappa shape index (κ1) is 16.9. The number of aromatic nitrogens is 3. The Morgan fingerprint density at radius 3 is 2.50 bits per heavy atom. The summed E-state index contributed by atoms with van der Waals surface area (Å²) < 4.78 is 18.6. The molecular weight excluding hydrogens is 331 g/mol. The van der Waals surface area contributed by atoms with E-state index in [-0.39, 0.29) is 11.2 Å². The normalized spacial score (nSPS) is 16.4. The second kappa shape index (κ2) is 6.34. The zero-order valence-electron chi connectivity index (χ0n) is 15.4. The highest BCUT2D eigenvalue weighted by molar-refractivity contribution is 5.80. The van der Waals surface area contributed by atoms with Gasteiger partial charge in [0.05, 0.1) is 11.4 Å². The van der Waals surface area contributed by atoms with Gasteiger partial charge in [-0.15, -0.1) is 5.10 Å². The smallest absolute Gasteiger partial charge is 0.170 e. The lowest BCUT2D eigenvalue weighted by atomic mass is 9.91. The molecule has 3 aromatic rings. The Labute approximate surface area is 152 Å². The number of hydrogen-bond donors (Lipinski definition) is 0. The third-order valence-electron chi connectivity index (χ3n) is 5.09. The molecule has 0 amide bonds. The lowest BCUT2D eigenvalue weighted by Gasteiger charge is -2.32. The van der Waals surface area contributed by atoms with Crippen molar-refractivity contribution in [3.8, 4) is 0 Å². The quantitative estimate of drug-likeness (QED) is 0.681. The van der Waals surface area contributed by atoms with Gasteiger partial charge in [-0.1, -0.05) is 25.9 Å². The van der Waals surface area contributed by atoms with E-state index in [0.717, 1.165) is 48.5 Å². The first-order valence-electron chi connectivity index (χ1n) is 9.06. The molecule has 136 valence electrons. The number of benzene rings is 1. The third-order valence-corrected chi connectivity index (χ3v) is 5.09. The number of anilines is 1. The van der Waals surface area contributed by atoms with Crippen LogP contribution in [0, 0.1) is 5.82 Å². The number of piperidine rings is 1. The van der Waals surface area contributed by atoms with E-state index in [4.69, 9.17) is 4.52 Å². The van der Waals surface area contributed by atoms with Gasteiger partial charge in [-0.2, -0.15) is 5.10 Å². The summed E-state index contributed by atoms with van der Waals surface area (Å²) in [7, 11) is 0. The highest BCUT2D eigenvalue weighted by atomic mass is 19.1. The standard InChI is InChI=1S/C20H23FN4O/c1-20(2,3)17-6-7-18(23-22-17)25-10-8-13(9-11-25)19-15-5-4-14(21)12-16(15)26-24-19/h4-7,12-13H,8-11H2,1-3H3. The average Bonchev–Trinajstić information content (AvgIpc) is 3.04. The minimum absolute atomic E-state index is 0.00596. The molecule has 1 saturated heterocycles. The van der Waals surface area contributed by atoms with Gasteiger partial charge in [0, 0.05) is 35.9 Å². The molecule has 0 aliphatic carbocycles. The van der Waals surface area contributed by atoms with E-state index >= 15 is 0 Å². The number of hydrogen-bond acceptors (Lipinski definition) is 5. The van der Waals surface area contributed by atoms with Crippen LogP contribution in [0.1, 0.15) is 50.9 Å². The molecule has 3 heterocycles. The molecule has 0 N–H and O–H groups in total. The monoisotopic (exact) mass is 354 g/mol. The Hall–Kier alpha value is -2.50. The molecule has 0 atom stereocenters. The first-order valence-corrected chi connectivity index (χ1v) is 9.06. The van der Waals surface area contributed by atoms with Crippen molar-refractivity contribution in [1.29, 1.82) is 0 Å². The van der Waals surface area contributed by atoms with E-state index < -0.39 is 0 Å². The van der Waals surface area contributed by atoms with Crippen molar-refractivity contribution in [2.24, 2.45) is 0 Å². The fourth-order valence-corrected chi connectivity index (χ4v) is 3.50. The van der Waals surface area contributed by atoms with Crippen LogP contribution in [-0.4, -0.2) is 28.4 Å². The van der Waals surface area contributed by atoms with Gasteiger partial charge < -0.3 is 9.42 Å². The lowest BCUT2D eigenvalue weighted by molar-refractivity contribution is 0.415. The van der Waals surface area contributed by atoms with Gasteiger partial charge in [-0.3, -0.25) is 0 Å². The van der Waals surface area contributed by atoms with Gasteiger partial charge in [0.15, 0.2) is 11.4 Å². The molecule has 5 nitrogen and oxygen atoms in total. The van der Waals surface area contributed by atoms with Crippen LogP contribution in [-0.2, 0) is 5.41 Å². The van der Waals surface area contributed by atoms with Crippen molar-refractivity contribution in [2.45, 2.75) is 44.9 Å². The van der Waals surface area contributed by atoms with Crippen molar-refractivity contribution < 1.29 is 8.91 Å². The topological polar surface area (TPSA) is 55.1 Å². The van der Waals surface area contributed by atoms with Crippen molar-refractivity contribution in [1.82, 2.24) is 15.4 Å². The van der Waals surface area contributed by atoms with Crippen LogP contribution in [0.25, 0.3) is 11.0 Å². The molecule has 1 aromatic carbocycles.